The van der Waals surface area contributed by atoms with Crippen LogP contribution in [0.1, 0.15) is 31.7 Å². The number of piperidine rings is 1. The molecule has 1 saturated heterocycles. The Balaban J connectivity index is 1.87. The first-order chi connectivity index (χ1) is 9.79. The molecule has 2 heterocycles. The van der Waals surface area contributed by atoms with Gasteiger partial charge >= 0.3 is 0 Å². The summed E-state index contributed by atoms with van der Waals surface area (Å²) < 4.78 is 0. The maximum Gasteiger partial charge on any atom is 0.0548 e. The van der Waals surface area contributed by atoms with E-state index in [-0.39, 0.29) is 5.54 Å². The zero-order valence-corrected chi connectivity index (χ0v) is 12.6. The summed E-state index contributed by atoms with van der Waals surface area (Å²) in [5, 5.41) is 0. The van der Waals surface area contributed by atoms with Crippen molar-refractivity contribution in [1.29, 1.82) is 0 Å². The summed E-state index contributed by atoms with van der Waals surface area (Å²) in [6.07, 6.45) is 4.88. The highest BCUT2D eigenvalue weighted by Crippen LogP contribution is 2.37. The predicted molar refractivity (Wildman–Crippen MR) is 85.2 cm³/mol. The minimum atomic E-state index is 0.183. The third kappa shape index (κ3) is 2.33. The lowest BCUT2D eigenvalue weighted by molar-refractivity contribution is 0.163. The van der Waals surface area contributed by atoms with Gasteiger partial charge in [0, 0.05) is 31.9 Å². The van der Waals surface area contributed by atoms with Crippen molar-refractivity contribution in [2.24, 2.45) is 5.73 Å². The molecule has 0 saturated carbocycles. The predicted octanol–water partition coefficient (Wildman–Crippen LogP) is 2.25. The van der Waals surface area contributed by atoms with Crippen molar-refractivity contribution in [3.05, 3.63) is 29.8 Å². The lowest BCUT2D eigenvalue weighted by Gasteiger charge is -2.51. The van der Waals surface area contributed by atoms with Gasteiger partial charge in [-0.2, -0.15) is 0 Å². The summed E-state index contributed by atoms with van der Waals surface area (Å²) in [5.41, 5.74) is 9.38. The van der Waals surface area contributed by atoms with E-state index in [1.54, 1.807) is 0 Å². The highest BCUT2D eigenvalue weighted by atomic mass is 15.3. The molecule has 3 rings (SSSR count). The molecule has 110 valence electrons. The van der Waals surface area contributed by atoms with Gasteiger partial charge in [0.05, 0.1) is 5.54 Å². The summed E-state index contributed by atoms with van der Waals surface area (Å²) in [5.74, 6) is 0. The first-order valence-electron chi connectivity index (χ1n) is 8.07. The van der Waals surface area contributed by atoms with Crippen molar-refractivity contribution in [2.45, 2.75) is 38.1 Å². The van der Waals surface area contributed by atoms with Gasteiger partial charge in [0.1, 0.15) is 0 Å². The minimum Gasteiger partial charge on any atom is -0.364 e. The molecule has 2 N–H and O–H groups in total. The fourth-order valence-electron chi connectivity index (χ4n) is 3.90. The monoisotopic (exact) mass is 273 g/mol. The number of aryl methyl sites for hydroxylation is 1. The van der Waals surface area contributed by atoms with Crippen LogP contribution in [0.25, 0.3) is 0 Å². The van der Waals surface area contributed by atoms with E-state index in [9.17, 15) is 0 Å². The first-order valence-corrected chi connectivity index (χ1v) is 8.07. The van der Waals surface area contributed by atoms with E-state index in [0.29, 0.717) is 0 Å². The number of nitrogens with two attached hydrogens (primary N) is 1. The molecular formula is C17H27N3. The first kappa shape index (κ1) is 13.9. The average molecular weight is 273 g/mol. The van der Waals surface area contributed by atoms with Crippen LogP contribution in [0.3, 0.4) is 0 Å². The molecule has 0 amide bonds. The Bertz CT molecular complexity index is 449. The van der Waals surface area contributed by atoms with Crippen molar-refractivity contribution in [3.8, 4) is 0 Å². The third-order valence-electron chi connectivity index (χ3n) is 5.30. The smallest absolute Gasteiger partial charge is 0.0548 e. The second-order valence-corrected chi connectivity index (χ2v) is 6.25. The molecule has 0 spiro atoms. The van der Waals surface area contributed by atoms with E-state index in [1.807, 2.05) is 0 Å². The molecule has 3 heteroatoms. The van der Waals surface area contributed by atoms with Gasteiger partial charge in [0.15, 0.2) is 0 Å². The largest absolute Gasteiger partial charge is 0.364 e. The van der Waals surface area contributed by atoms with Crippen LogP contribution in [-0.4, -0.2) is 43.2 Å². The fourth-order valence-corrected chi connectivity index (χ4v) is 3.90. The van der Waals surface area contributed by atoms with Gasteiger partial charge in [-0.3, -0.25) is 0 Å². The summed E-state index contributed by atoms with van der Waals surface area (Å²) in [7, 11) is 0. The zero-order valence-electron chi connectivity index (χ0n) is 12.6. The number of para-hydroxylation sites is 1. The van der Waals surface area contributed by atoms with Gasteiger partial charge in [-0.05, 0) is 43.9 Å². The highest BCUT2D eigenvalue weighted by Gasteiger charge is 2.40. The maximum atomic E-state index is 6.25. The molecule has 1 aromatic rings. The van der Waals surface area contributed by atoms with E-state index < -0.39 is 0 Å². The SMILES string of the molecule is CCN1CCC(CN)(N2CCCc3ccccc32)CC1. The number of hydrogen-bond acceptors (Lipinski definition) is 3. The summed E-state index contributed by atoms with van der Waals surface area (Å²) >= 11 is 0. The Hall–Kier alpha value is -1.06. The van der Waals surface area contributed by atoms with E-state index in [1.165, 1.54) is 56.6 Å². The number of fused-ring (bicyclic) bond motifs is 1. The van der Waals surface area contributed by atoms with Gasteiger partial charge in [0.2, 0.25) is 0 Å². The minimum absolute atomic E-state index is 0.183. The van der Waals surface area contributed by atoms with E-state index in [2.05, 4.69) is 41.0 Å². The lowest BCUT2D eigenvalue weighted by Crippen LogP contribution is -2.60. The summed E-state index contributed by atoms with van der Waals surface area (Å²) in [6, 6.07) is 8.91. The molecule has 0 unspecified atom stereocenters. The Morgan fingerprint density at radius 1 is 1.15 bits per heavy atom. The quantitative estimate of drug-likeness (QED) is 0.917. The average Bonchev–Trinajstić information content (AvgIpc) is 2.54. The summed E-state index contributed by atoms with van der Waals surface area (Å²) in [4.78, 5) is 5.18. The fraction of sp³-hybridized carbons (Fsp3) is 0.647. The molecular weight excluding hydrogens is 246 g/mol. The van der Waals surface area contributed by atoms with E-state index in [4.69, 9.17) is 5.73 Å². The summed E-state index contributed by atoms with van der Waals surface area (Å²) in [6.45, 7) is 7.74. The Morgan fingerprint density at radius 2 is 1.90 bits per heavy atom. The van der Waals surface area contributed by atoms with E-state index in [0.717, 1.165) is 13.1 Å². The van der Waals surface area contributed by atoms with Crippen LogP contribution in [0.2, 0.25) is 0 Å². The Kier molecular flexibility index (Phi) is 3.99. The maximum absolute atomic E-state index is 6.25. The van der Waals surface area contributed by atoms with Gasteiger partial charge in [-0.15, -0.1) is 0 Å². The van der Waals surface area contributed by atoms with Crippen LogP contribution in [-0.2, 0) is 6.42 Å². The van der Waals surface area contributed by atoms with Crippen LogP contribution in [0, 0.1) is 0 Å². The Morgan fingerprint density at radius 3 is 2.60 bits per heavy atom. The number of likely N-dealkylation sites (tertiary alicyclic amines) is 1. The molecule has 0 atom stereocenters. The van der Waals surface area contributed by atoms with Crippen LogP contribution in [0.4, 0.5) is 5.69 Å². The molecule has 2 aliphatic rings. The van der Waals surface area contributed by atoms with Crippen LogP contribution >= 0.6 is 0 Å². The zero-order chi connectivity index (χ0) is 14.0. The molecule has 3 nitrogen and oxygen atoms in total. The Labute approximate surface area is 122 Å². The lowest BCUT2D eigenvalue weighted by atomic mass is 9.83. The second kappa shape index (κ2) is 5.74. The van der Waals surface area contributed by atoms with Gasteiger partial charge < -0.3 is 15.5 Å². The number of anilines is 1. The van der Waals surface area contributed by atoms with Crippen molar-refractivity contribution in [2.75, 3.05) is 37.6 Å². The third-order valence-corrected chi connectivity index (χ3v) is 5.30. The van der Waals surface area contributed by atoms with Crippen LogP contribution < -0.4 is 10.6 Å². The van der Waals surface area contributed by atoms with Gasteiger partial charge in [0.25, 0.3) is 0 Å². The molecule has 20 heavy (non-hydrogen) atoms. The van der Waals surface area contributed by atoms with Crippen molar-refractivity contribution in [1.82, 2.24) is 4.90 Å². The number of benzene rings is 1. The van der Waals surface area contributed by atoms with Crippen molar-refractivity contribution in [3.63, 3.8) is 0 Å². The highest BCUT2D eigenvalue weighted by molar-refractivity contribution is 5.57. The van der Waals surface area contributed by atoms with Crippen LogP contribution in [0.15, 0.2) is 24.3 Å². The molecule has 0 aliphatic carbocycles. The van der Waals surface area contributed by atoms with Crippen molar-refractivity contribution < 1.29 is 0 Å². The molecule has 1 aromatic carbocycles. The molecule has 1 fully saturated rings. The molecule has 2 aliphatic heterocycles. The number of hydrogen-bond donors (Lipinski definition) is 1. The van der Waals surface area contributed by atoms with Crippen molar-refractivity contribution >= 4 is 5.69 Å². The number of rotatable bonds is 3. The normalized spacial score (nSPS) is 22.6. The standard InChI is InChI=1S/C17H27N3/c1-2-19-12-9-17(14-18,10-13-19)20-11-5-7-15-6-3-4-8-16(15)20/h3-4,6,8H,2,5,7,9-14,18H2,1H3. The number of nitrogens with zero attached hydrogens (tertiary/aromatic N) is 2. The van der Waals surface area contributed by atoms with Gasteiger partial charge in [-0.1, -0.05) is 25.1 Å². The molecule has 0 aromatic heterocycles. The van der Waals surface area contributed by atoms with E-state index >= 15 is 0 Å². The van der Waals surface area contributed by atoms with Crippen LogP contribution in [0.5, 0.6) is 0 Å². The molecule has 0 bridgehead atoms. The topological polar surface area (TPSA) is 32.5 Å². The second-order valence-electron chi connectivity index (χ2n) is 6.25. The van der Waals surface area contributed by atoms with Gasteiger partial charge in [-0.25, -0.2) is 0 Å². The molecule has 0 radical (unpaired) electrons.